The molecule has 11 heteroatoms. The van der Waals surface area contributed by atoms with Gasteiger partial charge in [0.1, 0.15) is 29.9 Å². The van der Waals surface area contributed by atoms with E-state index < -0.39 is 34.3 Å². The lowest BCUT2D eigenvalue weighted by Crippen LogP contribution is -2.52. The molecular formula is C31H38FN3O6S. The molecule has 0 aliphatic heterocycles. The summed E-state index contributed by atoms with van der Waals surface area (Å²) >= 11 is 0. The van der Waals surface area contributed by atoms with Crippen LogP contribution >= 0.6 is 0 Å². The number of carbonyl (C=O) groups is 2. The average molecular weight is 600 g/mol. The van der Waals surface area contributed by atoms with Crippen LogP contribution in [-0.4, -0.2) is 57.5 Å². The zero-order chi connectivity index (χ0) is 30.9. The minimum atomic E-state index is -4.31. The van der Waals surface area contributed by atoms with Crippen molar-refractivity contribution in [2.75, 3.05) is 24.6 Å². The average Bonchev–Trinajstić information content (AvgIpc) is 2.99. The quantitative estimate of drug-likeness (QED) is 0.287. The van der Waals surface area contributed by atoms with Crippen LogP contribution in [0.3, 0.4) is 0 Å². The van der Waals surface area contributed by atoms with Crippen molar-refractivity contribution < 1.29 is 31.9 Å². The van der Waals surface area contributed by atoms with E-state index >= 15 is 0 Å². The number of amides is 2. The van der Waals surface area contributed by atoms with E-state index in [0.29, 0.717) is 24.5 Å². The number of benzene rings is 3. The number of anilines is 1. The van der Waals surface area contributed by atoms with Crippen molar-refractivity contribution in [2.45, 2.75) is 57.6 Å². The molecule has 9 nitrogen and oxygen atoms in total. The zero-order valence-corrected chi connectivity index (χ0v) is 25.4. The Hall–Kier alpha value is -4.12. The lowest BCUT2D eigenvalue weighted by Gasteiger charge is -2.32. The minimum Gasteiger partial charge on any atom is -0.497 e. The Morgan fingerprint density at radius 3 is 2.05 bits per heavy atom. The Kier molecular flexibility index (Phi) is 11.3. The number of ether oxygens (including phenoxy) is 2. The molecule has 0 saturated carbocycles. The minimum absolute atomic E-state index is 0.0473. The van der Waals surface area contributed by atoms with Gasteiger partial charge in [0.2, 0.25) is 11.8 Å². The molecule has 0 unspecified atom stereocenters. The predicted molar refractivity (Wildman–Crippen MR) is 159 cm³/mol. The van der Waals surface area contributed by atoms with E-state index in [1.165, 1.54) is 17.0 Å². The van der Waals surface area contributed by atoms with E-state index in [9.17, 15) is 22.4 Å². The molecule has 0 aliphatic carbocycles. The molecule has 0 radical (unpaired) electrons. The summed E-state index contributed by atoms with van der Waals surface area (Å²) < 4.78 is 53.0. The SMILES string of the molecule is CCOc1ccc(N(CC(=O)N(Cc2ccc(OC)cc2)[C@@H](C)C(=O)N[C@@H](C)CC)S(=O)(=O)c2ccc(F)cc2)cc1. The van der Waals surface area contributed by atoms with E-state index in [0.717, 1.165) is 34.1 Å². The van der Waals surface area contributed by atoms with E-state index in [1.54, 1.807) is 50.4 Å². The third-order valence-electron chi connectivity index (χ3n) is 6.80. The number of nitrogens with zero attached hydrogens (tertiary/aromatic N) is 2. The lowest BCUT2D eigenvalue weighted by molar-refractivity contribution is -0.139. The number of sulfonamides is 1. The molecule has 2 amide bonds. The molecule has 226 valence electrons. The molecule has 3 aromatic carbocycles. The highest BCUT2D eigenvalue weighted by Gasteiger charge is 2.33. The van der Waals surface area contributed by atoms with Crippen LogP contribution in [-0.2, 0) is 26.2 Å². The van der Waals surface area contributed by atoms with Gasteiger partial charge in [0.25, 0.3) is 10.0 Å². The number of halogens is 1. The van der Waals surface area contributed by atoms with Crippen molar-refractivity contribution in [3.63, 3.8) is 0 Å². The Labute approximate surface area is 247 Å². The molecule has 0 aliphatic rings. The van der Waals surface area contributed by atoms with Gasteiger partial charge in [-0.15, -0.1) is 0 Å². The van der Waals surface area contributed by atoms with Gasteiger partial charge in [0, 0.05) is 12.6 Å². The second-order valence-corrected chi connectivity index (χ2v) is 11.6. The Balaban J connectivity index is 2.02. The van der Waals surface area contributed by atoms with Crippen molar-refractivity contribution in [2.24, 2.45) is 0 Å². The normalized spacial score (nSPS) is 12.6. The maximum Gasteiger partial charge on any atom is 0.264 e. The van der Waals surface area contributed by atoms with E-state index in [-0.39, 0.29) is 29.1 Å². The van der Waals surface area contributed by atoms with Crippen LogP contribution in [0.15, 0.2) is 77.7 Å². The molecule has 3 rings (SSSR count). The number of nitrogens with one attached hydrogen (secondary N) is 1. The van der Waals surface area contributed by atoms with Crippen LogP contribution in [0.25, 0.3) is 0 Å². The lowest BCUT2D eigenvalue weighted by atomic mass is 10.1. The molecule has 2 atom stereocenters. The highest BCUT2D eigenvalue weighted by Crippen LogP contribution is 2.27. The van der Waals surface area contributed by atoms with Crippen LogP contribution in [0, 0.1) is 5.82 Å². The summed E-state index contributed by atoms with van der Waals surface area (Å²) in [5, 5.41) is 2.90. The van der Waals surface area contributed by atoms with Gasteiger partial charge in [-0.25, -0.2) is 12.8 Å². The van der Waals surface area contributed by atoms with Crippen molar-refractivity contribution in [1.82, 2.24) is 10.2 Å². The summed E-state index contributed by atoms with van der Waals surface area (Å²) in [7, 11) is -2.77. The smallest absolute Gasteiger partial charge is 0.264 e. The first kappa shape index (κ1) is 32.4. The van der Waals surface area contributed by atoms with Gasteiger partial charge < -0.3 is 19.7 Å². The van der Waals surface area contributed by atoms with Crippen LogP contribution in [0.4, 0.5) is 10.1 Å². The Morgan fingerprint density at radius 2 is 1.50 bits per heavy atom. The number of hydrogen-bond donors (Lipinski definition) is 1. The van der Waals surface area contributed by atoms with Gasteiger partial charge in [0.05, 0.1) is 24.3 Å². The number of carbonyl (C=O) groups excluding carboxylic acids is 2. The summed E-state index contributed by atoms with van der Waals surface area (Å²) in [6, 6.07) is 16.7. The summed E-state index contributed by atoms with van der Waals surface area (Å²) in [6.45, 7) is 7.10. The topological polar surface area (TPSA) is 105 Å². The number of hydrogen-bond acceptors (Lipinski definition) is 6. The van der Waals surface area contributed by atoms with Crippen LogP contribution in [0.1, 0.15) is 39.7 Å². The fourth-order valence-corrected chi connectivity index (χ4v) is 5.53. The second-order valence-electron chi connectivity index (χ2n) is 9.76. The summed E-state index contributed by atoms with van der Waals surface area (Å²) in [5.74, 6) is -0.392. The molecule has 0 saturated heterocycles. The molecule has 0 bridgehead atoms. The molecule has 0 spiro atoms. The fraction of sp³-hybridized carbons (Fsp3) is 0.355. The first-order valence-corrected chi connectivity index (χ1v) is 15.2. The van der Waals surface area contributed by atoms with Gasteiger partial charge in [-0.3, -0.25) is 13.9 Å². The third kappa shape index (κ3) is 8.22. The molecule has 0 aromatic heterocycles. The summed E-state index contributed by atoms with van der Waals surface area (Å²) in [6.07, 6.45) is 0.701. The van der Waals surface area contributed by atoms with Gasteiger partial charge in [-0.1, -0.05) is 19.1 Å². The van der Waals surface area contributed by atoms with Crippen molar-refractivity contribution in [3.8, 4) is 11.5 Å². The highest BCUT2D eigenvalue weighted by molar-refractivity contribution is 7.92. The standard InChI is InChI=1S/C31H38FN3O6S/c1-6-22(3)33-31(37)23(4)34(20-24-8-14-27(40-5)15-9-24)30(36)21-35(26-12-16-28(17-13-26)41-7-2)42(38,39)29-18-10-25(32)11-19-29/h8-19,22-23H,6-7,20-21H2,1-5H3,(H,33,37)/t22-,23-/m0/s1. The van der Waals surface area contributed by atoms with Crippen LogP contribution in [0.5, 0.6) is 11.5 Å². The fourth-order valence-electron chi connectivity index (χ4n) is 4.11. The maximum absolute atomic E-state index is 14.0. The molecular weight excluding hydrogens is 561 g/mol. The number of rotatable bonds is 14. The summed E-state index contributed by atoms with van der Waals surface area (Å²) in [5.41, 5.74) is 0.929. The van der Waals surface area contributed by atoms with E-state index in [2.05, 4.69) is 5.32 Å². The monoisotopic (exact) mass is 599 g/mol. The summed E-state index contributed by atoms with van der Waals surface area (Å²) in [4.78, 5) is 28.3. The Morgan fingerprint density at radius 1 is 0.905 bits per heavy atom. The molecule has 0 heterocycles. The Bertz CT molecular complexity index is 1430. The van der Waals surface area contributed by atoms with E-state index in [1.807, 2.05) is 20.8 Å². The van der Waals surface area contributed by atoms with Gasteiger partial charge in [-0.05, 0) is 93.4 Å². The van der Waals surface area contributed by atoms with Gasteiger partial charge in [0.15, 0.2) is 0 Å². The van der Waals surface area contributed by atoms with Gasteiger partial charge in [-0.2, -0.15) is 0 Å². The maximum atomic E-state index is 14.0. The molecule has 3 aromatic rings. The largest absolute Gasteiger partial charge is 0.497 e. The van der Waals surface area contributed by atoms with Crippen molar-refractivity contribution in [3.05, 3.63) is 84.2 Å². The van der Waals surface area contributed by atoms with Crippen molar-refractivity contribution in [1.29, 1.82) is 0 Å². The second kappa shape index (κ2) is 14.7. The van der Waals surface area contributed by atoms with Gasteiger partial charge >= 0.3 is 0 Å². The third-order valence-corrected chi connectivity index (χ3v) is 8.58. The predicted octanol–water partition coefficient (Wildman–Crippen LogP) is 4.76. The van der Waals surface area contributed by atoms with Crippen LogP contribution < -0.4 is 19.1 Å². The first-order chi connectivity index (χ1) is 20.0. The van der Waals surface area contributed by atoms with Crippen molar-refractivity contribution >= 4 is 27.5 Å². The zero-order valence-electron chi connectivity index (χ0n) is 24.5. The molecule has 0 fully saturated rings. The first-order valence-electron chi connectivity index (χ1n) is 13.7. The molecule has 42 heavy (non-hydrogen) atoms. The number of methoxy groups -OCH3 is 1. The van der Waals surface area contributed by atoms with Crippen LogP contribution in [0.2, 0.25) is 0 Å². The highest BCUT2D eigenvalue weighted by atomic mass is 32.2. The van der Waals surface area contributed by atoms with E-state index in [4.69, 9.17) is 9.47 Å². The molecule has 1 N–H and O–H groups in total.